The summed E-state index contributed by atoms with van der Waals surface area (Å²) in [5.74, 6) is 0.370. The van der Waals surface area contributed by atoms with Gasteiger partial charge in [-0.15, -0.1) is 0 Å². The van der Waals surface area contributed by atoms with Crippen LogP contribution in [0.3, 0.4) is 0 Å². The van der Waals surface area contributed by atoms with Crippen LogP contribution in [-0.2, 0) is 11.2 Å². The zero-order chi connectivity index (χ0) is 15.9. The number of amides is 1. The Morgan fingerprint density at radius 3 is 2.45 bits per heavy atom. The Kier molecular flexibility index (Phi) is 6.37. The topological polar surface area (TPSA) is 32.3 Å². The van der Waals surface area contributed by atoms with Crippen molar-refractivity contribution >= 4 is 5.91 Å². The SMILES string of the molecule is CC(C)CC(CNC(=O)Cc1ccc(F)cc1)N1CCCC1. The first kappa shape index (κ1) is 16.9. The molecule has 0 bridgehead atoms. The van der Waals surface area contributed by atoms with Gasteiger partial charge in [-0.3, -0.25) is 9.69 Å². The summed E-state index contributed by atoms with van der Waals surface area (Å²) in [4.78, 5) is 14.6. The van der Waals surface area contributed by atoms with Gasteiger partial charge in [-0.2, -0.15) is 0 Å². The lowest BCUT2D eigenvalue weighted by Crippen LogP contribution is -2.43. The third-order valence-electron chi connectivity index (χ3n) is 4.21. The predicted octanol–water partition coefficient (Wildman–Crippen LogP) is 2.99. The predicted molar refractivity (Wildman–Crippen MR) is 87.2 cm³/mol. The molecule has 1 amide bonds. The lowest BCUT2D eigenvalue weighted by molar-refractivity contribution is -0.120. The van der Waals surface area contributed by atoms with Crippen LogP contribution >= 0.6 is 0 Å². The van der Waals surface area contributed by atoms with Crippen LogP contribution in [-0.4, -0.2) is 36.5 Å². The second-order valence-electron chi connectivity index (χ2n) is 6.63. The Bertz CT molecular complexity index is 466. The van der Waals surface area contributed by atoms with Crippen LogP contribution in [0.1, 0.15) is 38.7 Å². The molecule has 4 heteroatoms. The minimum atomic E-state index is -0.268. The number of carbonyl (C=O) groups is 1. The standard InChI is InChI=1S/C18H27FN2O/c1-14(2)11-17(21-9-3-4-10-21)13-20-18(22)12-15-5-7-16(19)8-6-15/h5-8,14,17H,3-4,9-13H2,1-2H3,(H,20,22). The number of hydrogen-bond donors (Lipinski definition) is 1. The van der Waals surface area contributed by atoms with Crippen molar-refractivity contribution in [3.8, 4) is 0 Å². The van der Waals surface area contributed by atoms with Gasteiger partial charge in [-0.1, -0.05) is 26.0 Å². The van der Waals surface area contributed by atoms with Gasteiger partial charge in [0, 0.05) is 12.6 Å². The minimum absolute atomic E-state index is 0.0135. The molecule has 0 radical (unpaired) electrons. The normalized spacial score (nSPS) is 16.9. The molecule has 1 aliphatic rings. The third-order valence-corrected chi connectivity index (χ3v) is 4.21. The van der Waals surface area contributed by atoms with Gasteiger partial charge in [0.15, 0.2) is 0 Å². The number of nitrogens with zero attached hydrogens (tertiary/aromatic N) is 1. The number of hydrogen-bond acceptors (Lipinski definition) is 2. The van der Waals surface area contributed by atoms with E-state index in [2.05, 4.69) is 24.1 Å². The van der Waals surface area contributed by atoms with Gasteiger partial charge in [-0.05, 0) is 56.0 Å². The van der Waals surface area contributed by atoms with E-state index in [1.807, 2.05) is 0 Å². The Balaban J connectivity index is 1.82. The molecule has 1 N–H and O–H groups in total. The van der Waals surface area contributed by atoms with E-state index in [1.165, 1.54) is 25.0 Å². The maximum Gasteiger partial charge on any atom is 0.224 e. The molecule has 1 aliphatic heterocycles. The molecule has 1 unspecified atom stereocenters. The molecule has 1 atom stereocenters. The smallest absolute Gasteiger partial charge is 0.224 e. The molecule has 0 saturated carbocycles. The van der Waals surface area contributed by atoms with Crippen molar-refractivity contribution in [2.75, 3.05) is 19.6 Å². The summed E-state index contributed by atoms with van der Waals surface area (Å²) in [5, 5.41) is 3.05. The van der Waals surface area contributed by atoms with E-state index < -0.39 is 0 Å². The molecule has 1 saturated heterocycles. The molecule has 0 aliphatic carbocycles. The molecule has 1 aromatic rings. The van der Waals surface area contributed by atoms with Crippen molar-refractivity contribution in [3.05, 3.63) is 35.6 Å². The molecule has 0 spiro atoms. The van der Waals surface area contributed by atoms with Crippen LogP contribution in [0.25, 0.3) is 0 Å². The average Bonchev–Trinajstić information content (AvgIpc) is 2.99. The molecule has 1 fully saturated rings. The summed E-state index contributed by atoms with van der Waals surface area (Å²) in [7, 11) is 0. The Hall–Kier alpha value is -1.42. The fraction of sp³-hybridized carbons (Fsp3) is 0.611. The van der Waals surface area contributed by atoms with Crippen molar-refractivity contribution < 1.29 is 9.18 Å². The van der Waals surface area contributed by atoms with Crippen molar-refractivity contribution in [1.29, 1.82) is 0 Å². The summed E-state index contributed by atoms with van der Waals surface area (Å²) < 4.78 is 12.9. The van der Waals surface area contributed by atoms with Crippen molar-refractivity contribution in [2.45, 2.75) is 45.6 Å². The lowest BCUT2D eigenvalue weighted by Gasteiger charge is -2.29. The maximum atomic E-state index is 12.9. The van der Waals surface area contributed by atoms with Crippen LogP contribution in [0.2, 0.25) is 0 Å². The van der Waals surface area contributed by atoms with E-state index in [9.17, 15) is 9.18 Å². The monoisotopic (exact) mass is 306 g/mol. The number of benzene rings is 1. The van der Waals surface area contributed by atoms with Crippen LogP contribution in [0, 0.1) is 11.7 Å². The molecule has 0 aromatic heterocycles. The third kappa shape index (κ3) is 5.41. The van der Waals surface area contributed by atoms with Crippen molar-refractivity contribution in [3.63, 3.8) is 0 Å². The van der Waals surface area contributed by atoms with E-state index in [0.29, 0.717) is 24.9 Å². The van der Waals surface area contributed by atoms with E-state index in [0.717, 1.165) is 25.1 Å². The van der Waals surface area contributed by atoms with Crippen LogP contribution in [0.4, 0.5) is 4.39 Å². The Morgan fingerprint density at radius 2 is 1.86 bits per heavy atom. The number of carbonyl (C=O) groups excluding carboxylic acids is 1. The van der Waals surface area contributed by atoms with Crippen LogP contribution < -0.4 is 5.32 Å². The zero-order valence-corrected chi connectivity index (χ0v) is 13.6. The van der Waals surface area contributed by atoms with E-state index in [-0.39, 0.29) is 11.7 Å². The zero-order valence-electron chi connectivity index (χ0n) is 13.6. The summed E-state index contributed by atoms with van der Waals surface area (Å²) in [6.07, 6.45) is 3.95. The van der Waals surface area contributed by atoms with Gasteiger partial charge < -0.3 is 5.32 Å². The Morgan fingerprint density at radius 1 is 1.23 bits per heavy atom. The number of rotatable bonds is 7. The first-order valence-corrected chi connectivity index (χ1v) is 8.30. The highest BCUT2D eigenvalue weighted by Crippen LogP contribution is 2.17. The molecular weight excluding hydrogens is 279 g/mol. The summed E-state index contributed by atoms with van der Waals surface area (Å²) in [6.45, 7) is 7.45. The first-order chi connectivity index (χ1) is 10.5. The molecule has 2 rings (SSSR count). The van der Waals surface area contributed by atoms with Gasteiger partial charge in [0.1, 0.15) is 5.82 Å². The summed E-state index contributed by atoms with van der Waals surface area (Å²) in [6, 6.07) is 6.56. The highest BCUT2D eigenvalue weighted by Gasteiger charge is 2.23. The van der Waals surface area contributed by atoms with Crippen LogP contribution in [0.15, 0.2) is 24.3 Å². The number of nitrogens with one attached hydrogen (secondary N) is 1. The molecule has 22 heavy (non-hydrogen) atoms. The van der Waals surface area contributed by atoms with Crippen LogP contribution in [0.5, 0.6) is 0 Å². The molecule has 1 aromatic carbocycles. The van der Waals surface area contributed by atoms with Gasteiger partial charge in [-0.25, -0.2) is 4.39 Å². The molecule has 3 nitrogen and oxygen atoms in total. The maximum absolute atomic E-state index is 12.9. The fourth-order valence-electron chi connectivity index (χ4n) is 3.09. The second-order valence-corrected chi connectivity index (χ2v) is 6.63. The van der Waals surface area contributed by atoms with Gasteiger partial charge in [0.05, 0.1) is 6.42 Å². The lowest BCUT2D eigenvalue weighted by atomic mass is 10.0. The van der Waals surface area contributed by atoms with Crippen molar-refractivity contribution in [2.24, 2.45) is 5.92 Å². The number of halogens is 1. The summed E-state index contributed by atoms with van der Waals surface area (Å²) >= 11 is 0. The number of likely N-dealkylation sites (tertiary alicyclic amines) is 1. The van der Waals surface area contributed by atoms with E-state index in [4.69, 9.17) is 0 Å². The highest BCUT2D eigenvalue weighted by atomic mass is 19.1. The molecular formula is C18H27FN2O. The minimum Gasteiger partial charge on any atom is -0.354 e. The van der Waals surface area contributed by atoms with Gasteiger partial charge >= 0.3 is 0 Å². The quantitative estimate of drug-likeness (QED) is 0.840. The largest absolute Gasteiger partial charge is 0.354 e. The first-order valence-electron chi connectivity index (χ1n) is 8.30. The van der Waals surface area contributed by atoms with E-state index in [1.54, 1.807) is 12.1 Å². The average molecular weight is 306 g/mol. The van der Waals surface area contributed by atoms with Gasteiger partial charge in [0.2, 0.25) is 5.91 Å². The van der Waals surface area contributed by atoms with E-state index >= 15 is 0 Å². The second kappa shape index (κ2) is 8.28. The van der Waals surface area contributed by atoms with Gasteiger partial charge in [0.25, 0.3) is 0 Å². The fourth-order valence-corrected chi connectivity index (χ4v) is 3.09. The summed E-state index contributed by atoms with van der Waals surface area (Å²) in [5.41, 5.74) is 0.848. The van der Waals surface area contributed by atoms with Crippen molar-refractivity contribution in [1.82, 2.24) is 10.2 Å². The highest BCUT2D eigenvalue weighted by molar-refractivity contribution is 5.78. The molecule has 1 heterocycles. The molecule has 122 valence electrons. The Labute approximate surface area is 132 Å².